The molecular formula is C36H39N7O3. The number of carbonyl (C=O) groups is 1. The molecule has 4 aliphatic heterocycles. The molecule has 3 aromatic carbocycles. The van der Waals surface area contributed by atoms with Crippen molar-refractivity contribution < 1.29 is 14.3 Å². The second-order valence-electron chi connectivity index (χ2n) is 13.8. The molecule has 0 spiro atoms. The molecule has 3 aromatic rings. The van der Waals surface area contributed by atoms with Crippen LogP contribution in [-0.4, -0.2) is 43.5 Å². The van der Waals surface area contributed by atoms with E-state index in [0.717, 1.165) is 52.9 Å². The maximum Gasteiger partial charge on any atom is 0.414 e. The van der Waals surface area contributed by atoms with Crippen LogP contribution < -0.4 is 20.5 Å². The molecule has 0 radical (unpaired) electrons. The van der Waals surface area contributed by atoms with Crippen molar-refractivity contribution in [2.45, 2.75) is 87.0 Å². The molecule has 10 nitrogen and oxygen atoms in total. The fourth-order valence-corrected chi connectivity index (χ4v) is 8.64. The first-order valence-corrected chi connectivity index (χ1v) is 16.3. The summed E-state index contributed by atoms with van der Waals surface area (Å²) in [4.78, 5) is 17.5. The van der Waals surface area contributed by atoms with E-state index in [1.165, 1.54) is 0 Å². The van der Waals surface area contributed by atoms with E-state index in [-0.39, 0.29) is 36.5 Å². The first-order chi connectivity index (χ1) is 22.3. The number of hydrogen-bond acceptors (Lipinski definition) is 8. The number of fused-ring (bicyclic) bond motifs is 3. The molecule has 236 valence electrons. The van der Waals surface area contributed by atoms with E-state index in [1.807, 2.05) is 60.5 Å². The number of carbonyl (C=O) groups excluding carboxylic acids is 1. The van der Waals surface area contributed by atoms with Gasteiger partial charge < -0.3 is 19.7 Å². The molecule has 46 heavy (non-hydrogen) atoms. The molecule has 2 N–H and O–H groups in total. The minimum atomic E-state index is -0.875. The monoisotopic (exact) mass is 617 g/mol. The van der Waals surface area contributed by atoms with Gasteiger partial charge in [0.15, 0.2) is 0 Å². The molecule has 6 atom stereocenters. The zero-order valence-electron chi connectivity index (χ0n) is 26.4. The van der Waals surface area contributed by atoms with Crippen molar-refractivity contribution in [3.8, 4) is 6.07 Å². The van der Waals surface area contributed by atoms with E-state index in [1.54, 1.807) is 4.90 Å². The Hall–Kier alpha value is -4.46. The second-order valence-corrected chi connectivity index (χ2v) is 13.8. The smallest absolute Gasteiger partial charge is 0.414 e. The summed E-state index contributed by atoms with van der Waals surface area (Å²) in [6.07, 6.45) is 2.81. The third kappa shape index (κ3) is 4.18. The van der Waals surface area contributed by atoms with Gasteiger partial charge in [-0.15, -0.1) is 0 Å². The number of likely N-dealkylation sites (N-methyl/N-ethyl adjacent to an activating group) is 1. The van der Waals surface area contributed by atoms with Crippen molar-refractivity contribution in [2.75, 3.05) is 23.4 Å². The maximum atomic E-state index is 13.7. The molecule has 4 heterocycles. The van der Waals surface area contributed by atoms with Gasteiger partial charge in [-0.1, -0.05) is 65.9 Å². The van der Waals surface area contributed by atoms with E-state index in [0.29, 0.717) is 13.0 Å². The van der Waals surface area contributed by atoms with Crippen LogP contribution in [0.5, 0.6) is 0 Å². The summed E-state index contributed by atoms with van der Waals surface area (Å²) in [5.74, 6) is 0. The van der Waals surface area contributed by atoms with Gasteiger partial charge in [0.25, 0.3) is 0 Å². The van der Waals surface area contributed by atoms with Gasteiger partial charge in [-0.05, 0) is 69.3 Å². The Labute approximate surface area is 269 Å². The summed E-state index contributed by atoms with van der Waals surface area (Å²) in [7, 11) is 1.97. The Kier molecular flexibility index (Phi) is 6.64. The highest BCUT2D eigenvalue weighted by molar-refractivity contribution is 5.92. The molecule has 5 aliphatic rings. The van der Waals surface area contributed by atoms with Gasteiger partial charge in [-0.25, -0.2) is 4.79 Å². The first-order valence-electron chi connectivity index (χ1n) is 16.3. The Morgan fingerprint density at radius 3 is 2.63 bits per heavy atom. The fourth-order valence-electron chi connectivity index (χ4n) is 8.64. The minimum Gasteiger partial charge on any atom is -0.444 e. The van der Waals surface area contributed by atoms with Crippen LogP contribution in [0.25, 0.3) is 0 Å². The van der Waals surface area contributed by atoms with E-state index >= 15 is 0 Å². The van der Waals surface area contributed by atoms with Gasteiger partial charge in [0.05, 0.1) is 29.4 Å². The first kappa shape index (κ1) is 29.0. The molecule has 8 rings (SSSR count). The van der Waals surface area contributed by atoms with Gasteiger partial charge >= 0.3 is 6.09 Å². The van der Waals surface area contributed by atoms with E-state index in [2.05, 4.69) is 54.9 Å². The number of ether oxygens (including phenoxy) is 2. The minimum absolute atomic E-state index is 0.00389. The van der Waals surface area contributed by atoms with Crippen LogP contribution in [0.1, 0.15) is 67.8 Å². The predicted octanol–water partition coefficient (Wildman–Crippen LogP) is 6.00. The molecule has 1 aliphatic carbocycles. The Morgan fingerprint density at radius 1 is 1.09 bits per heavy atom. The van der Waals surface area contributed by atoms with Crippen LogP contribution in [-0.2, 0) is 27.2 Å². The van der Waals surface area contributed by atoms with Crippen molar-refractivity contribution in [3.63, 3.8) is 0 Å². The number of nitrogens with one attached hydrogen (secondary N) is 2. The number of rotatable bonds is 6. The van der Waals surface area contributed by atoms with Crippen molar-refractivity contribution in [1.29, 1.82) is 5.26 Å². The van der Waals surface area contributed by atoms with Crippen molar-refractivity contribution >= 4 is 17.5 Å². The average Bonchev–Trinajstić information content (AvgIpc) is 3.31. The number of nitriles is 1. The summed E-state index contributed by atoms with van der Waals surface area (Å²) in [6.45, 7) is 5.10. The lowest BCUT2D eigenvalue weighted by Crippen LogP contribution is -2.50. The molecule has 10 heteroatoms. The lowest BCUT2D eigenvalue weighted by Gasteiger charge is -2.33. The third-order valence-electron chi connectivity index (χ3n) is 10.9. The molecule has 1 saturated heterocycles. The molecule has 1 saturated carbocycles. The molecular weight excluding hydrogens is 578 g/mol. The van der Waals surface area contributed by atoms with Crippen molar-refractivity contribution in [2.24, 2.45) is 10.3 Å². The Bertz CT molecular complexity index is 1760. The topological polar surface area (TPSA) is 118 Å². The predicted molar refractivity (Wildman–Crippen MR) is 173 cm³/mol. The lowest BCUT2D eigenvalue weighted by molar-refractivity contribution is 0.142. The fraction of sp³-hybridized carbons (Fsp3) is 0.444. The van der Waals surface area contributed by atoms with Crippen LogP contribution in [0.15, 0.2) is 83.1 Å². The van der Waals surface area contributed by atoms with Crippen LogP contribution in [0.3, 0.4) is 0 Å². The van der Waals surface area contributed by atoms with Gasteiger partial charge in [0.2, 0.25) is 0 Å². The Morgan fingerprint density at radius 2 is 1.85 bits per heavy atom. The number of benzene rings is 3. The second kappa shape index (κ2) is 10.5. The molecule has 0 unspecified atom stereocenters. The van der Waals surface area contributed by atoms with Crippen molar-refractivity contribution in [3.05, 3.63) is 95.1 Å². The average molecular weight is 618 g/mol. The molecule has 0 bridgehead atoms. The number of epoxide rings is 1. The van der Waals surface area contributed by atoms with E-state index < -0.39 is 17.1 Å². The highest BCUT2D eigenvalue weighted by atomic mass is 16.6. The van der Waals surface area contributed by atoms with Gasteiger partial charge in [0, 0.05) is 23.9 Å². The van der Waals surface area contributed by atoms with Crippen LogP contribution in [0.2, 0.25) is 0 Å². The summed E-state index contributed by atoms with van der Waals surface area (Å²) < 4.78 is 12.0. The molecule has 2 fully saturated rings. The number of para-hydroxylation sites is 1. The third-order valence-corrected chi connectivity index (χ3v) is 10.9. The summed E-state index contributed by atoms with van der Waals surface area (Å²) >= 11 is 0. The zero-order valence-corrected chi connectivity index (χ0v) is 26.4. The van der Waals surface area contributed by atoms with E-state index in [9.17, 15) is 10.1 Å². The van der Waals surface area contributed by atoms with Crippen LogP contribution in [0.4, 0.5) is 16.2 Å². The Balaban J connectivity index is 1.14. The number of hydrogen-bond donors (Lipinski definition) is 2. The molecule has 1 amide bonds. The summed E-state index contributed by atoms with van der Waals surface area (Å²) in [6, 6.07) is 25.9. The van der Waals surface area contributed by atoms with Gasteiger partial charge in [-0.3, -0.25) is 10.3 Å². The van der Waals surface area contributed by atoms with Gasteiger partial charge in [-0.2, -0.15) is 10.4 Å². The lowest BCUT2D eigenvalue weighted by atomic mass is 9.80. The quantitative estimate of drug-likeness (QED) is 0.198. The SMILES string of the molecule is CN1c2cccc3c2[C@@](N=NN[C@]24CCC[C@H]2N(C(=O)OCc2ccccc2)c2ccccc24)(CCN[C@@H]3[C@H]2OC2(C)C)[C@H]1C#N. The standard InChI is InChI=1S/C36H39N7O3/c1-34(2)32(46-34)31-24-13-9-16-27-30(24)36(19-20-38-31,29(21-37)42(27)3)40-41-39-35-18-10-17-28(35)43(26-15-8-7-14-25(26)35)33(44)45-22-23-11-5-4-6-12-23/h4-9,11-16,28-29,31-32,38H,10,17-20,22H2,1-3H3,(H,39,40)/t28-,29-,31+,32-,35+,36-/m1/s1. The van der Waals surface area contributed by atoms with Crippen LogP contribution >= 0.6 is 0 Å². The highest BCUT2D eigenvalue weighted by Gasteiger charge is 2.60. The van der Waals surface area contributed by atoms with Crippen LogP contribution in [0, 0.1) is 11.3 Å². The van der Waals surface area contributed by atoms with Gasteiger partial charge in [0.1, 0.15) is 29.8 Å². The zero-order chi connectivity index (χ0) is 31.7. The maximum absolute atomic E-state index is 13.7. The van der Waals surface area contributed by atoms with Crippen molar-refractivity contribution in [1.82, 2.24) is 10.7 Å². The summed E-state index contributed by atoms with van der Waals surface area (Å²) in [5.41, 5.74) is 7.77. The largest absolute Gasteiger partial charge is 0.444 e. The number of anilines is 2. The molecule has 0 aromatic heterocycles. The number of amides is 1. The highest BCUT2D eigenvalue weighted by Crippen LogP contribution is 2.56. The normalized spacial score (nSPS) is 31.5. The summed E-state index contributed by atoms with van der Waals surface area (Å²) in [5, 5.41) is 24.2. The van der Waals surface area contributed by atoms with E-state index in [4.69, 9.17) is 19.8 Å². The number of nitrogens with zero attached hydrogens (tertiary/aromatic N) is 5.